The normalized spacial score (nSPS) is 29.6. The second kappa shape index (κ2) is 7.63. The summed E-state index contributed by atoms with van der Waals surface area (Å²) in [4.78, 5) is 50.1. The van der Waals surface area contributed by atoms with Crippen LogP contribution in [0, 0.1) is 5.92 Å². The summed E-state index contributed by atoms with van der Waals surface area (Å²) in [6.07, 6.45) is 8.52. The van der Waals surface area contributed by atoms with Crippen LogP contribution in [0.4, 0.5) is 9.59 Å². The third-order valence-corrected chi connectivity index (χ3v) is 6.00. The molecule has 3 aliphatic rings. The number of urea groups is 2. The zero-order valence-corrected chi connectivity index (χ0v) is 15.3. The molecule has 0 unspecified atom stereocenters. The molecule has 1 saturated heterocycles. The van der Waals surface area contributed by atoms with Gasteiger partial charge in [-0.15, -0.1) is 0 Å². The Labute approximate surface area is 153 Å². The maximum atomic E-state index is 12.8. The summed E-state index contributed by atoms with van der Waals surface area (Å²) in [5, 5.41) is 7.82. The molecule has 8 heteroatoms. The van der Waals surface area contributed by atoms with Gasteiger partial charge in [0.25, 0.3) is 5.91 Å². The lowest BCUT2D eigenvalue weighted by Crippen LogP contribution is -2.54. The number of rotatable bonds is 3. The number of hydrogen-bond acceptors (Lipinski definition) is 4. The minimum Gasteiger partial charge on any atom is -0.335 e. The summed E-state index contributed by atoms with van der Waals surface area (Å²) in [5.74, 6) is -0.963. The molecule has 0 aromatic carbocycles. The summed E-state index contributed by atoms with van der Waals surface area (Å²) in [6.45, 7) is 1.52. The van der Waals surface area contributed by atoms with E-state index in [1.807, 2.05) is 6.92 Å². The highest BCUT2D eigenvalue weighted by Crippen LogP contribution is 2.38. The average Bonchev–Trinajstić information content (AvgIpc) is 2.83. The Morgan fingerprint density at radius 2 is 1.81 bits per heavy atom. The molecule has 2 atom stereocenters. The van der Waals surface area contributed by atoms with Crippen LogP contribution in [0.3, 0.4) is 0 Å². The molecule has 1 heterocycles. The van der Waals surface area contributed by atoms with Crippen LogP contribution in [0.1, 0.15) is 64.7 Å². The van der Waals surface area contributed by atoms with Gasteiger partial charge in [-0.05, 0) is 31.6 Å². The Balaban J connectivity index is 1.54. The summed E-state index contributed by atoms with van der Waals surface area (Å²) < 4.78 is 0. The van der Waals surface area contributed by atoms with Crippen LogP contribution in [0.25, 0.3) is 0 Å². The van der Waals surface area contributed by atoms with Gasteiger partial charge in [-0.3, -0.25) is 19.8 Å². The highest BCUT2D eigenvalue weighted by Gasteiger charge is 2.55. The Morgan fingerprint density at radius 1 is 1.12 bits per heavy atom. The molecular formula is C18H28N4O4. The number of hydrogen-bond donors (Lipinski definition) is 3. The third-order valence-electron chi connectivity index (χ3n) is 6.00. The molecule has 0 aromatic rings. The molecule has 6 amide bonds. The molecule has 2 saturated carbocycles. The first kappa shape index (κ1) is 18.7. The van der Waals surface area contributed by atoms with Crippen LogP contribution in [0.2, 0.25) is 0 Å². The van der Waals surface area contributed by atoms with Gasteiger partial charge in [0, 0.05) is 6.04 Å². The van der Waals surface area contributed by atoms with Crippen LogP contribution in [0.15, 0.2) is 0 Å². The van der Waals surface area contributed by atoms with E-state index in [-0.39, 0.29) is 17.9 Å². The van der Waals surface area contributed by atoms with Gasteiger partial charge in [-0.25, -0.2) is 9.59 Å². The number of carbonyl (C=O) groups is 4. The Bertz CT molecular complexity index is 602. The van der Waals surface area contributed by atoms with Crippen molar-refractivity contribution < 1.29 is 19.2 Å². The molecule has 8 nitrogen and oxygen atoms in total. The van der Waals surface area contributed by atoms with Crippen molar-refractivity contribution in [2.75, 3.05) is 6.54 Å². The highest BCUT2D eigenvalue weighted by atomic mass is 16.2. The fraction of sp³-hybridized carbons (Fsp3) is 0.778. The smallest absolute Gasteiger partial charge is 0.325 e. The predicted octanol–water partition coefficient (Wildman–Crippen LogP) is 1.65. The molecule has 0 radical (unpaired) electrons. The predicted molar refractivity (Wildman–Crippen MR) is 94.2 cm³/mol. The highest BCUT2D eigenvalue weighted by molar-refractivity contribution is 6.10. The minimum atomic E-state index is -0.889. The van der Waals surface area contributed by atoms with E-state index >= 15 is 0 Å². The van der Waals surface area contributed by atoms with Crippen LogP contribution < -0.4 is 16.0 Å². The van der Waals surface area contributed by atoms with Crippen LogP contribution in [-0.2, 0) is 9.59 Å². The summed E-state index contributed by atoms with van der Waals surface area (Å²) in [6, 6.07) is -1.03. The average molecular weight is 364 g/mol. The molecular weight excluding hydrogens is 336 g/mol. The zero-order valence-electron chi connectivity index (χ0n) is 15.3. The first-order valence-corrected chi connectivity index (χ1v) is 9.67. The van der Waals surface area contributed by atoms with Crippen LogP contribution in [0.5, 0.6) is 0 Å². The second-order valence-corrected chi connectivity index (χ2v) is 7.80. The fourth-order valence-electron chi connectivity index (χ4n) is 4.42. The monoisotopic (exact) mass is 364 g/mol. The van der Waals surface area contributed by atoms with Gasteiger partial charge in [-0.1, -0.05) is 39.0 Å². The standard InChI is InChI=1S/C18H28N4O4/c1-12-7-5-6-10-18(12)15(24)22(17(26)21-18)11-14(23)20-16(25)19-13-8-3-2-4-9-13/h12-13H,2-11H2,1H3,(H,21,26)(H2,19,20,23,25)/t12-,18+/m0/s1. The lowest BCUT2D eigenvalue weighted by atomic mass is 9.73. The molecule has 26 heavy (non-hydrogen) atoms. The van der Waals surface area contributed by atoms with Gasteiger partial charge in [0.05, 0.1) is 0 Å². The molecule has 3 fully saturated rings. The van der Waals surface area contributed by atoms with E-state index in [2.05, 4.69) is 16.0 Å². The van der Waals surface area contributed by atoms with E-state index in [0.29, 0.717) is 6.42 Å². The number of nitrogens with one attached hydrogen (secondary N) is 3. The van der Waals surface area contributed by atoms with E-state index in [1.54, 1.807) is 0 Å². The number of amides is 6. The van der Waals surface area contributed by atoms with Crippen LogP contribution >= 0.6 is 0 Å². The molecule has 3 rings (SSSR count). The quantitative estimate of drug-likeness (QED) is 0.662. The van der Waals surface area contributed by atoms with E-state index in [4.69, 9.17) is 0 Å². The lowest BCUT2D eigenvalue weighted by Gasteiger charge is -2.36. The Hall–Kier alpha value is -2.12. The van der Waals surface area contributed by atoms with Crippen LogP contribution in [-0.4, -0.2) is 46.9 Å². The summed E-state index contributed by atoms with van der Waals surface area (Å²) in [7, 11) is 0. The van der Waals surface area contributed by atoms with Gasteiger partial charge in [0.1, 0.15) is 12.1 Å². The number of imide groups is 2. The molecule has 1 spiro atoms. The minimum absolute atomic E-state index is 0.0374. The van der Waals surface area contributed by atoms with Gasteiger partial charge < -0.3 is 10.6 Å². The zero-order chi connectivity index (χ0) is 18.7. The van der Waals surface area contributed by atoms with Crippen molar-refractivity contribution in [3.63, 3.8) is 0 Å². The van der Waals surface area contributed by atoms with Gasteiger partial charge in [-0.2, -0.15) is 0 Å². The summed E-state index contributed by atoms with van der Waals surface area (Å²) >= 11 is 0. The van der Waals surface area contributed by atoms with E-state index in [9.17, 15) is 19.2 Å². The lowest BCUT2D eigenvalue weighted by molar-refractivity contribution is -0.137. The first-order chi connectivity index (χ1) is 12.4. The third kappa shape index (κ3) is 3.68. The Kier molecular flexibility index (Phi) is 5.48. The molecule has 2 aliphatic carbocycles. The second-order valence-electron chi connectivity index (χ2n) is 7.80. The fourth-order valence-corrected chi connectivity index (χ4v) is 4.42. The molecule has 0 bridgehead atoms. The number of nitrogens with zero attached hydrogens (tertiary/aromatic N) is 1. The topological polar surface area (TPSA) is 108 Å². The van der Waals surface area contributed by atoms with E-state index in [1.165, 1.54) is 6.42 Å². The van der Waals surface area contributed by atoms with Crippen molar-refractivity contribution in [3.8, 4) is 0 Å². The molecule has 3 N–H and O–H groups in total. The summed E-state index contributed by atoms with van der Waals surface area (Å²) in [5.41, 5.74) is -0.889. The van der Waals surface area contributed by atoms with Crippen molar-refractivity contribution in [3.05, 3.63) is 0 Å². The van der Waals surface area contributed by atoms with Crippen molar-refractivity contribution in [1.82, 2.24) is 20.9 Å². The Morgan fingerprint density at radius 3 is 2.50 bits per heavy atom. The largest absolute Gasteiger partial charge is 0.335 e. The molecule has 1 aliphatic heterocycles. The first-order valence-electron chi connectivity index (χ1n) is 9.67. The van der Waals surface area contributed by atoms with Crippen molar-refractivity contribution in [2.45, 2.75) is 76.3 Å². The van der Waals surface area contributed by atoms with E-state index < -0.39 is 30.1 Å². The number of carbonyl (C=O) groups excluding carboxylic acids is 4. The molecule has 144 valence electrons. The molecule has 0 aromatic heterocycles. The van der Waals surface area contributed by atoms with Crippen molar-refractivity contribution in [2.24, 2.45) is 5.92 Å². The maximum absolute atomic E-state index is 12.8. The van der Waals surface area contributed by atoms with Crippen molar-refractivity contribution in [1.29, 1.82) is 0 Å². The SMILES string of the molecule is C[C@H]1CCCC[C@@]12NC(=O)N(CC(=O)NC(=O)NC1CCCCC1)C2=O. The maximum Gasteiger partial charge on any atom is 0.325 e. The van der Waals surface area contributed by atoms with E-state index in [0.717, 1.165) is 49.8 Å². The van der Waals surface area contributed by atoms with Gasteiger partial charge >= 0.3 is 12.1 Å². The van der Waals surface area contributed by atoms with Gasteiger partial charge in [0.2, 0.25) is 5.91 Å². The van der Waals surface area contributed by atoms with Crippen molar-refractivity contribution >= 4 is 23.9 Å². The van der Waals surface area contributed by atoms with Gasteiger partial charge in [0.15, 0.2) is 0 Å².